The van der Waals surface area contributed by atoms with E-state index >= 15 is 0 Å². The lowest BCUT2D eigenvalue weighted by molar-refractivity contribution is 0.829. The molecule has 0 unspecified atom stereocenters. The Bertz CT molecular complexity index is 995. The number of aryl methyl sites for hydroxylation is 2. The first kappa shape index (κ1) is 18.7. The lowest BCUT2D eigenvalue weighted by atomic mass is 9.94. The van der Waals surface area contributed by atoms with E-state index in [1.54, 1.807) is 0 Å². The van der Waals surface area contributed by atoms with Gasteiger partial charge in [0.2, 0.25) is 0 Å². The van der Waals surface area contributed by atoms with Crippen LogP contribution in [0.3, 0.4) is 0 Å². The van der Waals surface area contributed by atoms with Crippen molar-refractivity contribution in [3.63, 3.8) is 0 Å². The minimum absolute atomic E-state index is 0.902. The molecule has 0 aliphatic carbocycles. The summed E-state index contributed by atoms with van der Waals surface area (Å²) < 4.78 is 0. The summed E-state index contributed by atoms with van der Waals surface area (Å²) in [4.78, 5) is 0. The Kier molecular flexibility index (Phi) is 5.95. The van der Waals surface area contributed by atoms with E-state index in [9.17, 15) is 0 Å². The van der Waals surface area contributed by atoms with Gasteiger partial charge >= 0.3 is 0 Å². The fraction of sp³-hybridized carbons (Fsp3) is 0.200. The third kappa shape index (κ3) is 3.83. The number of benzene rings is 4. The highest BCUT2D eigenvalue weighted by atomic mass is 79.9. The molecule has 0 aromatic heterocycles. The molecule has 0 saturated heterocycles. The topological polar surface area (TPSA) is 0 Å². The summed E-state index contributed by atoms with van der Waals surface area (Å²) in [6.45, 7) is 0. The molecule has 0 radical (unpaired) electrons. The van der Waals surface area contributed by atoms with Gasteiger partial charge in [-0.3, -0.25) is 0 Å². The van der Waals surface area contributed by atoms with Gasteiger partial charge in [0, 0.05) is 10.7 Å². The van der Waals surface area contributed by atoms with Crippen LogP contribution in [0.1, 0.15) is 28.7 Å². The maximum absolute atomic E-state index is 3.62. The van der Waals surface area contributed by atoms with E-state index in [0.717, 1.165) is 29.9 Å². The number of rotatable bonds is 6. The second-order valence-electron chi connectivity index (χ2n) is 6.98. The maximum atomic E-state index is 3.62. The average Bonchev–Trinajstić information content (AvgIpc) is 2.74. The second-order valence-corrected chi connectivity index (χ2v) is 8.10. The van der Waals surface area contributed by atoms with Gasteiger partial charge in [-0.1, -0.05) is 105 Å². The first-order valence-electron chi connectivity index (χ1n) is 9.42. The molecule has 0 N–H and O–H groups in total. The second kappa shape index (κ2) is 8.58. The monoisotopic (exact) mass is 480 g/mol. The summed E-state index contributed by atoms with van der Waals surface area (Å²) >= 11 is 7.24. The van der Waals surface area contributed by atoms with E-state index in [0.29, 0.717) is 0 Å². The summed E-state index contributed by atoms with van der Waals surface area (Å²) in [7, 11) is 0. The molecule has 136 valence electrons. The Labute approximate surface area is 177 Å². The molecule has 0 nitrogen and oxygen atoms in total. The van der Waals surface area contributed by atoms with Crippen molar-refractivity contribution in [2.75, 3.05) is 0 Å². The molecule has 0 bridgehead atoms. The minimum Gasteiger partial charge on any atom is -0.0876 e. The molecular weight excluding hydrogens is 460 g/mol. The van der Waals surface area contributed by atoms with Crippen molar-refractivity contribution in [2.45, 2.75) is 29.9 Å². The lowest BCUT2D eigenvalue weighted by Gasteiger charge is -2.12. The van der Waals surface area contributed by atoms with E-state index < -0.39 is 0 Å². The largest absolute Gasteiger partial charge is 0.0876 e. The van der Waals surface area contributed by atoms with Crippen molar-refractivity contribution in [2.24, 2.45) is 0 Å². The van der Waals surface area contributed by atoms with E-state index in [2.05, 4.69) is 105 Å². The normalized spacial score (nSPS) is 11.3. The van der Waals surface area contributed by atoms with E-state index in [1.807, 2.05) is 0 Å². The summed E-state index contributed by atoms with van der Waals surface area (Å²) in [6.07, 6.45) is 3.38. The summed E-state index contributed by atoms with van der Waals surface area (Å²) in [6, 6.07) is 26.7. The number of halogens is 2. The van der Waals surface area contributed by atoms with Crippen LogP contribution in [-0.4, -0.2) is 0 Å². The third-order valence-electron chi connectivity index (χ3n) is 5.39. The Morgan fingerprint density at radius 1 is 0.444 bits per heavy atom. The predicted molar refractivity (Wildman–Crippen MR) is 125 cm³/mol. The van der Waals surface area contributed by atoms with Gasteiger partial charge in [0.25, 0.3) is 0 Å². The van der Waals surface area contributed by atoms with Crippen LogP contribution in [0.4, 0.5) is 0 Å². The van der Waals surface area contributed by atoms with Crippen LogP contribution in [-0.2, 0) is 23.5 Å². The molecule has 0 atom stereocenters. The molecule has 0 aliphatic rings. The molecular formula is C25H22Br2. The summed E-state index contributed by atoms with van der Waals surface area (Å²) in [5, 5.41) is 7.35. The number of fused-ring (bicyclic) bond motifs is 2. The maximum Gasteiger partial charge on any atom is 0.0289 e. The molecule has 27 heavy (non-hydrogen) atoms. The predicted octanol–water partition coefficient (Wildman–Crippen LogP) is 7.96. The van der Waals surface area contributed by atoms with Crippen LogP contribution in [0.2, 0.25) is 0 Å². The van der Waals surface area contributed by atoms with Crippen molar-refractivity contribution in [3.05, 3.63) is 95.1 Å². The first-order valence-corrected chi connectivity index (χ1v) is 11.7. The highest BCUT2D eigenvalue weighted by Gasteiger charge is 2.08. The van der Waals surface area contributed by atoms with Crippen molar-refractivity contribution in [3.8, 4) is 0 Å². The van der Waals surface area contributed by atoms with Crippen molar-refractivity contribution in [1.82, 2.24) is 0 Å². The molecule has 0 aliphatic heterocycles. The molecule has 2 heteroatoms. The van der Waals surface area contributed by atoms with Gasteiger partial charge in [-0.25, -0.2) is 0 Å². The van der Waals surface area contributed by atoms with Crippen molar-refractivity contribution < 1.29 is 0 Å². The van der Waals surface area contributed by atoms with Crippen molar-refractivity contribution >= 4 is 53.4 Å². The molecule has 0 amide bonds. The molecule has 4 aromatic carbocycles. The average molecular weight is 482 g/mol. The zero-order valence-electron chi connectivity index (χ0n) is 15.2. The Morgan fingerprint density at radius 2 is 0.778 bits per heavy atom. The standard InChI is InChI=1S/C25H22Br2/c26-16-20-14-12-18(22-8-1-3-10-24(20)22)6-5-7-19-13-15-21(17-27)25-11-4-2-9-23(19)25/h1-4,8-15H,5-7,16-17H2. The van der Waals surface area contributed by atoms with Crippen molar-refractivity contribution in [1.29, 1.82) is 0 Å². The summed E-state index contributed by atoms with van der Waals surface area (Å²) in [5.74, 6) is 0. The Balaban J connectivity index is 1.58. The Hall–Kier alpha value is -1.64. The van der Waals surface area contributed by atoms with E-state index in [-0.39, 0.29) is 0 Å². The van der Waals surface area contributed by atoms with Crippen LogP contribution >= 0.6 is 31.9 Å². The zero-order chi connectivity index (χ0) is 18.6. The van der Waals surface area contributed by atoms with Gasteiger partial charge in [-0.05, 0) is 63.1 Å². The minimum atomic E-state index is 0.902. The summed E-state index contributed by atoms with van der Waals surface area (Å²) in [5.41, 5.74) is 5.64. The molecule has 4 rings (SSSR count). The van der Waals surface area contributed by atoms with Gasteiger partial charge < -0.3 is 0 Å². The SMILES string of the molecule is BrCc1ccc(CCCc2ccc(CBr)c3ccccc23)c2ccccc12. The first-order chi connectivity index (χ1) is 13.3. The Morgan fingerprint density at radius 3 is 1.15 bits per heavy atom. The molecule has 4 aromatic rings. The molecule has 0 fully saturated rings. The van der Waals surface area contributed by atoms with Gasteiger partial charge in [-0.15, -0.1) is 0 Å². The van der Waals surface area contributed by atoms with Gasteiger partial charge in [0.1, 0.15) is 0 Å². The molecule has 0 spiro atoms. The van der Waals surface area contributed by atoms with Crippen LogP contribution < -0.4 is 0 Å². The number of hydrogen-bond acceptors (Lipinski definition) is 0. The number of hydrogen-bond donors (Lipinski definition) is 0. The van der Waals surface area contributed by atoms with E-state index in [1.165, 1.54) is 43.8 Å². The van der Waals surface area contributed by atoms with Crippen LogP contribution in [0, 0.1) is 0 Å². The van der Waals surface area contributed by atoms with Crippen LogP contribution in [0.15, 0.2) is 72.8 Å². The quantitative estimate of drug-likeness (QED) is 0.245. The third-order valence-corrected chi connectivity index (χ3v) is 6.60. The zero-order valence-corrected chi connectivity index (χ0v) is 18.4. The van der Waals surface area contributed by atoms with Crippen LogP contribution in [0.25, 0.3) is 21.5 Å². The molecule has 0 saturated carbocycles. The van der Waals surface area contributed by atoms with Crippen LogP contribution in [0.5, 0.6) is 0 Å². The van der Waals surface area contributed by atoms with Gasteiger partial charge in [0.05, 0.1) is 0 Å². The smallest absolute Gasteiger partial charge is 0.0289 e. The number of alkyl halides is 2. The fourth-order valence-corrected chi connectivity index (χ4v) is 4.96. The van der Waals surface area contributed by atoms with Gasteiger partial charge in [0.15, 0.2) is 0 Å². The highest BCUT2D eigenvalue weighted by Crippen LogP contribution is 2.28. The van der Waals surface area contributed by atoms with E-state index in [4.69, 9.17) is 0 Å². The molecule has 0 heterocycles. The van der Waals surface area contributed by atoms with Gasteiger partial charge in [-0.2, -0.15) is 0 Å². The highest BCUT2D eigenvalue weighted by molar-refractivity contribution is 9.08. The lowest BCUT2D eigenvalue weighted by Crippen LogP contribution is -1.95. The fourth-order valence-electron chi connectivity index (χ4n) is 3.99.